The first-order chi connectivity index (χ1) is 14.5. The van der Waals surface area contributed by atoms with Crippen LogP contribution in [0.25, 0.3) is 10.9 Å². The maximum atomic E-state index is 12.5. The molecule has 30 heavy (non-hydrogen) atoms. The number of hydrogen-bond acceptors (Lipinski definition) is 4. The number of amides is 4. The van der Waals surface area contributed by atoms with E-state index in [1.807, 2.05) is 24.3 Å². The molecule has 1 aromatic carbocycles. The molecule has 1 aromatic heterocycles. The normalized spacial score (nSPS) is 19.3. The highest BCUT2D eigenvalue weighted by Crippen LogP contribution is 2.18. The van der Waals surface area contributed by atoms with Gasteiger partial charge in [0.1, 0.15) is 0 Å². The number of piperidine rings is 1. The second kappa shape index (κ2) is 8.64. The molecule has 0 bridgehead atoms. The van der Waals surface area contributed by atoms with E-state index in [0.29, 0.717) is 38.3 Å². The predicted octanol–water partition coefficient (Wildman–Crippen LogP) is 1.16. The van der Waals surface area contributed by atoms with E-state index in [-0.39, 0.29) is 30.4 Å². The molecular formula is C21H28N6O3. The van der Waals surface area contributed by atoms with Crippen LogP contribution in [0.2, 0.25) is 0 Å². The predicted molar refractivity (Wildman–Crippen MR) is 113 cm³/mol. The molecule has 2 aliphatic heterocycles. The number of aromatic amines is 1. The Morgan fingerprint density at radius 3 is 2.87 bits per heavy atom. The van der Waals surface area contributed by atoms with E-state index in [9.17, 15) is 14.4 Å². The molecule has 0 unspecified atom stereocenters. The lowest BCUT2D eigenvalue weighted by molar-refractivity contribution is -0.139. The minimum absolute atomic E-state index is 0.0468. The molecule has 2 fully saturated rings. The molecule has 3 heterocycles. The van der Waals surface area contributed by atoms with Crippen LogP contribution in [-0.4, -0.2) is 64.9 Å². The number of carbonyl (C=O) groups excluding carboxylic acids is 3. The van der Waals surface area contributed by atoms with Crippen LogP contribution in [-0.2, 0) is 16.1 Å². The third-order valence-electron chi connectivity index (χ3n) is 5.75. The number of nitrogen functional groups attached to an aromatic ring is 1. The Labute approximate surface area is 174 Å². The van der Waals surface area contributed by atoms with Crippen molar-refractivity contribution in [2.45, 2.75) is 38.3 Å². The van der Waals surface area contributed by atoms with Crippen molar-refractivity contribution in [1.29, 1.82) is 0 Å². The van der Waals surface area contributed by atoms with Gasteiger partial charge in [-0.25, -0.2) is 4.79 Å². The molecule has 9 nitrogen and oxygen atoms in total. The highest BCUT2D eigenvalue weighted by molar-refractivity contribution is 5.86. The smallest absolute Gasteiger partial charge is 0.315 e. The first kappa shape index (κ1) is 20.1. The first-order valence-electron chi connectivity index (χ1n) is 10.4. The standard InChI is InChI=1S/C21H28N6O3/c22-15-5-6-18-14(9-15)10-17(24-18)11-23-21(30)25-16-3-1-7-26(12-16)20(29)13-27-8-2-4-19(27)28/h5-6,9-10,16,24H,1-4,7-8,11-13,22H2,(H2,23,25,30)/t16-/m1/s1. The second-order valence-corrected chi connectivity index (χ2v) is 8.07. The number of H-pyrrole nitrogens is 1. The van der Waals surface area contributed by atoms with Crippen LogP contribution >= 0.6 is 0 Å². The summed E-state index contributed by atoms with van der Waals surface area (Å²) in [6.07, 6.45) is 3.00. The fourth-order valence-corrected chi connectivity index (χ4v) is 4.17. The van der Waals surface area contributed by atoms with Crippen LogP contribution in [0.1, 0.15) is 31.4 Å². The number of nitrogens with two attached hydrogens (primary N) is 1. The quantitative estimate of drug-likeness (QED) is 0.550. The Bertz CT molecular complexity index is 955. The Morgan fingerprint density at radius 1 is 1.20 bits per heavy atom. The van der Waals surface area contributed by atoms with Crippen molar-refractivity contribution in [3.63, 3.8) is 0 Å². The number of carbonyl (C=O) groups is 3. The zero-order valence-corrected chi connectivity index (χ0v) is 16.9. The number of anilines is 1. The molecule has 0 saturated carbocycles. The summed E-state index contributed by atoms with van der Waals surface area (Å²) < 4.78 is 0. The summed E-state index contributed by atoms with van der Waals surface area (Å²) in [5.41, 5.74) is 8.36. The number of urea groups is 1. The number of nitrogens with one attached hydrogen (secondary N) is 3. The Hall–Kier alpha value is -3.23. The molecule has 1 atom stereocenters. The molecule has 160 valence electrons. The highest BCUT2D eigenvalue weighted by Gasteiger charge is 2.28. The lowest BCUT2D eigenvalue weighted by atomic mass is 10.1. The van der Waals surface area contributed by atoms with Crippen molar-refractivity contribution in [2.24, 2.45) is 0 Å². The molecule has 0 radical (unpaired) electrons. The van der Waals surface area contributed by atoms with Crippen molar-refractivity contribution in [2.75, 3.05) is 31.9 Å². The fourth-order valence-electron chi connectivity index (χ4n) is 4.17. The second-order valence-electron chi connectivity index (χ2n) is 8.07. The van der Waals surface area contributed by atoms with Crippen molar-refractivity contribution in [3.05, 3.63) is 30.0 Å². The van der Waals surface area contributed by atoms with Gasteiger partial charge in [0.05, 0.1) is 13.1 Å². The molecule has 4 rings (SSSR count). The van der Waals surface area contributed by atoms with E-state index in [1.165, 1.54) is 0 Å². The molecule has 9 heteroatoms. The number of hydrogen-bond donors (Lipinski definition) is 4. The molecule has 2 aliphatic rings. The summed E-state index contributed by atoms with van der Waals surface area (Å²) in [4.78, 5) is 43.3. The largest absolute Gasteiger partial charge is 0.399 e. The summed E-state index contributed by atoms with van der Waals surface area (Å²) >= 11 is 0. The third kappa shape index (κ3) is 4.67. The minimum atomic E-state index is -0.262. The van der Waals surface area contributed by atoms with Gasteiger partial charge in [-0.2, -0.15) is 0 Å². The number of nitrogens with zero attached hydrogens (tertiary/aromatic N) is 2. The first-order valence-corrected chi connectivity index (χ1v) is 10.4. The Morgan fingerprint density at radius 2 is 2.07 bits per heavy atom. The van der Waals surface area contributed by atoms with Gasteiger partial charge < -0.3 is 31.2 Å². The minimum Gasteiger partial charge on any atom is -0.399 e. The SMILES string of the molecule is Nc1ccc2[nH]c(CNC(=O)N[C@@H]3CCCN(C(=O)CN4CCCC4=O)C3)cc2c1. The zero-order chi connectivity index (χ0) is 21.1. The van der Waals surface area contributed by atoms with Gasteiger partial charge in [0.2, 0.25) is 11.8 Å². The maximum absolute atomic E-state index is 12.5. The van der Waals surface area contributed by atoms with E-state index in [2.05, 4.69) is 15.6 Å². The van der Waals surface area contributed by atoms with Crippen LogP contribution in [0.4, 0.5) is 10.5 Å². The van der Waals surface area contributed by atoms with Crippen LogP contribution in [0.15, 0.2) is 24.3 Å². The molecule has 0 aliphatic carbocycles. The van der Waals surface area contributed by atoms with E-state index < -0.39 is 0 Å². The van der Waals surface area contributed by atoms with E-state index in [0.717, 1.165) is 35.9 Å². The van der Waals surface area contributed by atoms with Crippen molar-refractivity contribution in [1.82, 2.24) is 25.4 Å². The van der Waals surface area contributed by atoms with E-state index in [1.54, 1.807) is 9.80 Å². The summed E-state index contributed by atoms with van der Waals surface area (Å²) in [5, 5.41) is 6.83. The number of rotatable bonds is 5. The van der Waals surface area contributed by atoms with Gasteiger partial charge in [0.15, 0.2) is 0 Å². The fraction of sp³-hybridized carbons (Fsp3) is 0.476. The summed E-state index contributed by atoms with van der Waals surface area (Å²) in [6.45, 7) is 2.30. The number of fused-ring (bicyclic) bond motifs is 1. The lowest BCUT2D eigenvalue weighted by Gasteiger charge is -2.34. The van der Waals surface area contributed by atoms with Gasteiger partial charge >= 0.3 is 6.03 Å². The van der Waals surface area contributed by atoms with Crippen LogP contribution in [0.5, 0.6) is 0 Å². The number of benzene rings is 1. The third-order valence-corrected chi connectivity index (χ3v) is 5.75. The highest BCUT2D eigenvalue weighted by atomic mass is 16.2. The molecule has 2 aromatic rings. The Kier molecular flexibility index (Phi) is 5.78. The van der Waals surface area contributed by atoms with Crippen molar-refractivity contribution in [3.8, 4) is 0 Å². The van der Waals surface area contributed by atoms with Gasteiger partial charge in [0, 0.05) is 54.4 Å². The maximum Gasteiger partial charge on any atom is 0.315 e. The molecule has 5 N–H and O–H groups in total. The summed E-state index contributed by atoms with van der Waals surface area (Å²) in [7, 11) is 0. The van der Waals surface area contributed by atoms with E-state index in [4.69, 9.17) is 5.73 Å². The van der Waals surface area contributed by atoms with Gasteiger partial charge in [-0.05, 0) is 43.5 Å². The molecule has 0 spiro atoms. The monoisotopic (exact) mass is 412 g/mol. The van der Waals surface area contributed by atoms with E-state index >= 15 is 0 Å². The average Bonchev–Trinajstić information content (AvgIpc) is 3.32. The van der Waals surface area contributed by atoms with Crippen LogP contribution < -0.4 is 16.4 Å². The lowest BCUT2D eigenvalue weighted by Crippen LogP contribution is -2.53. The topological polar surface area (TPSA) is 124 Å². The molecule has 2 saturated heterocycles. The van der Waals surface area contributed by atoms with Crippen LogP contribution in [0.3, 0.4) is 0 Å². The summed E-state index contributed by atoms with van der Waals surface area (Å²) in [6, 6.07) is 7.24. The van der Waals surface area contributed by atoms with Crippen molar-refractivity contribution >= 4 is 34.4 Å². The van der Waals surface area contributed by atoms with Gasteiger partial charge in [-0.3, -0.25) is 9.59 Å². The average molecular weight is 412 g/mol. The molecular weight excluding hydrogens is 384 g/mol. The van der Waals surface area contributed by atoms with Gasteiger partial charge in [-0.1, -0.05) is 0 Å². The van der Waals surface area contributed by atoms with Crippen molar-refractivity contribution < 1.29 is 14.4 Å². The Balaban J connectivity index is 1.25. The zero-order valence-electron chi connectivity index (χ0n) is 16.9. The van der Waals surface area contributed by atoms with Crippen LogP contribution in [0, 0.1) is 0 Å². The number of likely N-dealkylation sites (tertiary alicyclic amines) is 2. The van der Waals surface area contributed by atoms with Gasteiger partial charge in [0.25, 0.3) is 0 Å². The summed E-state index contributed by atoms with van der Waals surface area (Å²) in [5.74, 6) is 0.00332. The number of aromatic nitrogens is 1. The molecule has 4 amide bonds. The van der Waals surface area contributed by atoms with Gasteiger partial charge in [-0.15, -0.1) is 0 Å².